The topological polar surface area (TPSA) is 46.3 Å². The zero-order chi connectivity index (χ0) is 11.2. The summed E-state index contributed by atoms with van der Waals surface area (Å²) in [5, 5.41) is 22.5. The fourth-order valence-corrected chi connectivity index (χ4v) is 3.02. The molecule has 0 radical (unpaired) electrons. The van der Waals surface area contributed by atoms with E-state index in [9.17, 15) is 10.3 Å². The molecular weight excluding hydrogens is 202 g/mol. The maximum atomic E-state index is 12.1. The number of hydrogen-bond donors (Lipinski definition) is 1. The van der Waals surface area contributed by atoms with E-state index in [1.807, 2.05) is 24.3 Å². The molecule has 2 aliphatic rings. The Labute approximate surface area is 94.6 Å². The molecule has 1 heterocycles. The molecule has 1 aliphatic heterocycles. The van der Waals surface area contributed by atoms with Crippen LogP contribution in [0.4, 0.5) is 0 Å². The largest absolute Gasteiger partial charge is 0.623 e. The van der Waals surface area contributed by atoms with E-state index < -0.39 is 11.6 Å². The van der Waals surface area contributed by atoms with Gasteiger partial charge in [0.25, 0.3) is 0 Å². The minimum atomic E-state index is -0.645. The van der Waals surface area contributed by atoms with Crippen molar-refractivity contribution in [3.8, 4) is 0 Å². The average molecular weight is 217 g/mol. The van der Waals surface area contributed by atoms with Crippen LogP contribution in [-0.4, -0.2) is 21.6 Å². The number of hydrogen-bond acceptors (Lipinski definition) is 2. The summed E-state index contributed by atoms with van der Waals surface area (Å²) in [6.45, 7) is 0. The number of aliphatic hydroxyl groups excluding tert-OH is 1. The third kappa shape index (κ3) is 1.15. The smallest absolute Gasteiger partial charge is 0.202 e. The van der Waals surface area contributed by atoms with Crippen molar-refractivity contribution in [1.82, 2.24) is 0 Å². The summed E-state index contributed by atoms with van der Waals surface area (Å²) < 4.78 is 0.993. The fraction of sp³-hybridized carbons (Fsp3) is 0.462. The Balaban J connectivity index is 2.15. The van der Waals surface area contributed by atoms with Gasteiger partial charge in [0, 0.05) is 24.0 Å². The fourth-order valence-electron chi connectivity index (χ4n) is 3.02. The molecule has 1 saturated carbocycles. The lowest BCUT2D eigenvalue weighted by Gasteiger charge is -2.35. The number of fused-ring (bicyclic) bond motifs is 1. The minimum Gasteiger partial charge on any atom is -0.623 e. The molecule has 3 rings (SSSR count). The quantitative estimate of drug-likeness (QED) is 0.533. The zero-order valence-corrected chi connectivity index (χ0v) is 9.10. The maximum Gasteiger partial charge on any atom is 0.202 e. The predicted molar refractivity (Wildman–Crippen MR) is 61.4 cm³/mol. The molecule has 16 heavy (non-hydrogen) atoms. The Hall–Kier alpha value is -1.35. The Kier molecular flexibility index (Phi) is 2.04. The zero-order valence-electron chi connectivity index (χ0n) is 9.10. The number of nitrogens with zero attached hydrogens (tertiary/aromatic N) is 1. The van der Waals surface area contributed by atoms with Gasteiger partial charge in [-0.1, -0.05) is 18.2 Å². The molecule has 1 aliphatic carbocycles. The molecule has 3 nitrogen and oxygen atoms in total. The van der Waals surface area contributed by atoms with Crippen LogP contribution < -0.4 is 0 Å². The standard InChI is InChI=1S/C13H15NO2/c15-12-11-6-2-1-5-10(11)9-14(16)13(12)7-3-4-8-13/h1-2,5-6,9,12,15H,3-4,7-8H2/t12-/m1/s1. The molecule has 0 aromatic heterocycles. The van der Waals surface area contributed by atoms with Crippen molar-refractivity contribution >= 4 is 6.21 Å². The molecule has 1 atom stereocenters. The second kappa shape index (κ2) is 3.32. The van der Waals surface area contributed by atoms with Crippen LogP contribution in [0, 0.1) is 5.21 Å². The van der Waals surface area contributed by atoms with Crippen LogP contribution >= 0.6 is 0 Å². The summed E-state index contributed by atoms with van der Waals surface area (Å²) >= 11 is 0. The van der Waals surface area contributed by atoms with Gasteiger partial charge in [-0.25, -0.2) is 4.74 Å². The van der Waals surface area contributed by atoms with Gasteiger partial charge in [-0.05, 0) is 18.9 Å². The van der Waals surface area contributed by atoms with Crippen molar-refractivity contribution in [3.63, 3.8) is 0 Å². The molecule has 0 bridgehead atoms. The van der Waals surface area contributed by atoms with Crippen LogP contribution in [0.15, 0.2) is 24.3 Å². The van der Waals surface area contributed by atoms with Gasteiger partial charge in [0.05, 0.1) is 0 Å². The van der Waals surface area contributed by atoms with Gasteiger partial charge in [0.15, 0.2) is 6.21 Å². The molecule has 3 heteroatoms. The minimum absolute atomic E-state index is 0.589. The van der Waals surface area contributed by atoms with Gasteiger partial charge >= 0.3 is 0 Å². The molecule has 1 aromatic rings. The molecule has 1 fully saturated rings. The molecule has 84 valence electrons. The monoisotopic (exact) mass is 217 g/mol. The first-order chi connectivity index (χ1) is 7.74. The second-order valence-electron chi connectivity index (χ2n) is 4.80. The first kappa shape index (κ1) is 9.85. The average Bonchev–Trinajstić information content (AvgIpc) is 2.77. The van der Waals surface area contributed by atoms with Crippen molar-refractivity contribution < 1.29 is 9.85 Å². The number of hydroxylamine groups is 1. The van der Waals surface area contributed by atoms with Crippen LogP contribution in [-0.2, 0) is 0 Å². The summed E-state index contributed by atoms with van der Waals surface area (Å²) in [7, 11) is 0. The summed E-state index contributed by atoms with van der Waals surface area (Å²) in [5.74, 6) is 0. The van der Waals surface area contributed by atoms with Crippen LogP contribution in [0.5, 0.6) is 0 Å². The molecule has 0 unspecified atom stereocenters. The van der Waals surface area contributed by atoms with E-state index in [1.54, 1.807) is 6.21 Å². The highest BCUT2D eigenvalue weighted by Crippen LogP contribution is 2.44. The molecule has 0 saturated heterocycles. The van der Waals surface area contributed by atoms with E-state index in [2.05, 4.69) is 0 Å². The third-order valence-electron chi connectivity index (χ3n) is 3.96. The van der Waals surface area contributed by atoms with Gasteiger partial charge < -0.3 is 10.3 Å². The maximum absolute atomic E-state index is 12.1. The SMILES string of the molecule is [O-][N+]1=Cc2ccccc2[C@@H](O)C12CCCC2. The van der Waals surface area contributed by atoms with Crippen LogP contribution in [0.25, 0.3) is 0 Å². The van der Waals surface area contributed by atoms with E-state index in [0.717, 1.165) is 41.5 Å². The van der Waals surface area contributed by atoms with Crippen molar-refractivity contribution in [2.75, 3.05) is 0 Å². The summed E-state index contributed by atoms with van der Waals surface area (Å²) in [6, 6.07) is 7.61. The number of benzene rings is 1. The Bertz CT molecular complexity index is 447. The van der Waals surface area contributed by atoms with Gasteiger partial charge in [0.2, 0.25) is 5.54 Å². The van der Waals surface area contributed by atoms with Crippen LogP contribution in [0.3, 0.4) is 0 Å². The first-order valence-electron chi connectivity index (χ1n) is 5.82. The van der Waals surface area contributed by atoms with E-state index in [0.29, 0.717) is 0 Å². The molecule has 1 N–H and O–H groups in total. The molecule has 1 aromatic carbocycles. The Morgan fingerprint density at radius 3 is 2.69 bits per heavy atom. The highest BCUT2D eigenvalue weighted by molar-refractivity contribution is 5.79. The van der Waals surface area contributed by atoms with Crippen LogP contribution in [0.2, 0.25) is 0 Å². The van der Waals surface area contributed by atoms with Crippen molar-refractivity contribution in [3.05, 3.63) is 40.6 Å². The Morgan fingerprint density at radius 2 is 1.94 bits per heavy atom. The van der Waals surface area contributed by atoms with Gasteiger partial charge in [-0.15, -0.1) is 0 Å². The van der Waals surface area contributed by atoms with Crippen LogP contribution in [0.1, 0.15) is 42.9 Å². The van der Waals surface area contributed by atoms with Crippen molar-refractivity contribution in [2.24, 2.45) is 0 Å². The molecule has 0 amide bonds. The first-order valence-corrected chi connectivity index (χ1v) is 5.82. The molecule has 1 spiro atoms. The van der Waals surface area contributed by atoms with E-state index in [1.165, 1.54) is 0 Å². The Morgan fingerprint density at radius 1 is 1.25 bits per heavy atom. The molecular formula is C13H15NO2. The van der Waals surface area contributed by atoms with E-state index >= 15 is 0 Å². The normalized spacial score (nSPS) is 26.6. The number of aliphatic hydroxyl groups is 1. The second-order valence-corrected chi connectivity index (χ2v) is 4.80. The lowest BCUT2D eigenvalue weighted by atomic mass is 9.82. The number of rotatable bonds is 0. The lowest BCUT2D eigenvalue weighted by molar-refractivity contribution is -0.562. The highest BCUT2D eigenvalue weighted by atomic mass is 16.5. The summed E-state index contributed by atoms with van der Waals surface area (Å²) in [5.41, 5.74) is 1.16. The third-order valence-corrected chi connectivity index (χ3v) is 3.96. The highest BCUT2D eigenvalue weighted by Gasteiger charge is 2.51. The van der Waals surface area contributed by atoms with E-state index in [4.69, 9.17) is 0 Å². The predicted octanol–water partition coefficient (Wildman–Crippen LogP) is 1.98. The van der Waals surface area contributed by atoms with Crippen molar-refractivity contribution in [1.29, 1.82) is 0 Å². The summed E-state index contributed by atoms with van der Waals surface area (Å²) in [6.07, 6.45) is 4.64. The van der Waals surface area contributed by atoms with Crippen molar-refractivity contribution in [2.45, 2.75) is 37.3 Å². The summed E-state index contributed by atoms with van der Waals surface area (Å²) in [4.78, 5) is 0. The van der Waals surface area contributed by atoms with Gasteiger partial charge in [-0.3, -0.25) is 0 Å². The van der Waals surface area contributed by atoms with Gasteiger partial charge in [-0.2, -0.15) is 0 Å². The van der Waals surface area contributed by atoms with Gasteiger partial charge in [0.1, 0.15) is 6.10 Å². The van der Waals surface area contributed by atoms with E-state index in [-0.39, 0.29) is 0 Å². The lowest BCUT2D eigenvalue weighted by Crippen LogP contribution is -2.46.